The SMILES string of the molecule is [2H]C1(n2ncc(C(=O)OCC)c2C(F)(F)F)CC(C)(O)C1. The zero-order valence-electron chi connectivity index (χ0n) is 12.0. The molecule has 2 rings (SSSR count). The number of esters is 1. The number of alkyl halides is 3. The van der Waals surface area contributed by atoms with Crippen molar-refractivity contribution in [2.75, 3.05) is 6.61 Å². The van der Waals surface area contributed by atoms with Crippen molar-refractivity contribution in [3.63, 3.8) is 0 Å². The molecule has 5 nitrogen and oxygen atoms in total. The van der Waals surface area contributed by atoms with Crippen LogP contribution in [-0.4, -0.2) is 33.1 Å². The van der Waals surface area contributed by atoms with Crippen molar-refractivity contribution in [1.82, 2.24) is 9.78 Å². The number of aliphatic hydroxyl groups is 1. The first-order valence-electron chi connectivity index (χ1n) is 6.55. The molecule has 1 heterocycles. The van der Waals surface area contributed by atoms with Crippen LogP contribution >= 0.6 is 0 Å². The predicted molar refractivity (Wildman–Crippen MR) is 62.1 cm³/mol. The van der Waals surface area contributed by atoms with Crippen molar-refractivity contribution in [3.05, 3.63) is 17.5 Å². The first-order chi connectivity index (χ1) is 9.50. The zero-order chi connectivity index (χ0) is 16.1. The molecule has 0 saturated heterocycles. The van der Waals surface area contributed by atoms with E-state index in [0.29, 0.717) is 4.68 Å². The van der Waals surface area contributed by atoms with E-state index in [2.05, 4.69) is 9.84 Å². The summed E-state index contributed by atoms with van der Waals surface area (Å²) in [4.78, 5) is 11.6. The van der Waals surface area contributed by atoms with E-state index >= 15 is 0 Å². The van der Waals surface area contributed by atoms with Gasteiger partial charge in [0.1, 0.15) is 5.56 Å². The molecule has 1 aromatic rings. The second-order valence-corrected chi connectivity index (χ2v) is 4.95. The lowest BCUT2D eigenvalue weighted by Crippen LogP contribution is -2.43. The number of hydrogen-bond donors (Lipinski definition) is 1. The summed E-state index contributed by atoms with van der Waals surface area (Å²) in [6, 6.07) is -1.72. The fourth-order valence-electron chi connectivity index (χ4n) is 2.20. The topological polar surface area (TPSA) is 64.4 Å². The number of aromatic nitrogens is 2. The Bertz CT molecular complexity index is 561. The first kappa shape index (κ1) is 13.4. The third-order valence-corrected chi connectivity index (χ3v) is 3.00. The van der Waals surface area contributed by atoms with Crippen LogP contribution in [-0.2, 0) is 10.9 Å². The van der Waals surface area contributed by atoms with E-state index in [-0.39, 0.29) is 19.4 Å². The molecule has 1 aliphatic carbocycles. The molecule has 0 aliphatic heterocycles. The van der Waals surface area contributed by atoms with E-state index in [1.807, 2.05) is 0 Å². The van der Waals surface area contributed by atoms with Gasteiger partial charge >= 0.3 is 12.1 Å². The van der Waals surface area contributed by atoms with Crippen molar-refractivity contribution in [2.45, 2.75) is 44.5 Å². The van der Waals surface area contributed by atoms with E-state index in [4.69, 9.17) is 1.37 Å². The monoisotopic (exact) mass is 293 g/mol. The molecular formula is C12H15F3N2O3. The minimum Gasteiger partial charge on any atom is -0.462 e. The lowest BCUT2D eigenvalue weighted by Gasteiger charge is -2.41. The molecule has 1 saturated carbocycles. The van der Waals surface area contributed by atoms with Crippen molar-refractivity contribution >= 4 is 5.97 Å². The smallest absolute Gasteiger partial charge is 0.433 e. The summed E-state index contributed by atoms with van der Waals surface area (Å²) < 4.78 is 52.7. The quantitative estimate of drug-likeness (QED) is 0.867. The number of carbonyl (C=O) groups is 1. The van der Waals surface area contributed by atoms with Gasteiger partial charge in [0, 0.05) is 0 Å². The van der Waals surface area contributed by atoms with Gasteiger partial charge in [0.05, 0.1) is 25.8 Å². The molecule has 0 radical (unpaired) electrons. The van der Waals surface area contributed by atoms with E-state index in [0.717, 1.165) is 6.20 Å². The molecule has 0 amide bonds. The minimum atomic E-state index is -4.85. The maximum atomic E-state index is 13.2. The van der Waals surface area contributed by atoms with E-state index < -0.39 is 35.0 Å². The highest BCUT2D eigenvalue weighted by atomic mass is 19.4. The third-order valence-electron chi connectivity index (χ3n) is 3.00. The predicted octanol–water partition coefficient (Wildman–Crippen LogP) is 2.16. The third kappa shape index (κ3) is 2.65. The Morgan fingerprint density at radius 1 is 1.70 bits per heavy atom. The van der Waals surface area contributed by atoms with Gasteiger partial charge in [0.15, 0.2) is 5.69 Å². The van der Waals surface area contributed by atoms with Crippen molar-refractivity contribution in [1.29, 1.82) is 0 Å². The highest BCUT2D eigenvalue weighted by molar-refractivity contribution is 5.90. The number of rotatable bonds is 3. The standard InChI is InChI=1S/C12H15F3N2O3/c1-3-20-10(18)8-6-16-17(9(8)12(13,14)15)7-4-11(2,19)5-7/h6-7,19H,3-5H2,1-2H3/i7D. The Morgan fingerprint density at radius 2 is 2.30 bits per heavy atom. The van der Waals surface area contributed by atoms with Gasteiger partial charge in [-0.15, -0.1) is 0 Å². The van der Waals surface area contributed by atoms with Gasteiger partial charge in [-0.3, -0.25) is 4.68 Å². The maximum absolute atomic E-state index is 13.2. The van der Waals surface area contributed by atoms with Crippen LogP contribution in [0.3, 0.4) is 0 Å². The van der Waals surface area contributed by atoms with E-state index in [1.165, 1.54) is 13.8 Å². The average Bonchev–Trinajstić information content (AvgIpc) is 2.70. The lowest BCUT2D eigenvalue weighted by molar-refractivity contribution is -0.149. The molecule has 0 unspecified atom stereocenters. The summed E-state index contributed by atoms with van der Waals surface area (Å²) in [6.45, 7) is 2.84. The van der Waals surface area contributed by atoms with Crippen molar-refractivity contribution in [2.24, 2.45) is 0 Å². The minimum absolute atomic E-state index is 0.0674. The second kappa shape index (κ2) is 4.76. The van der Waals surface area contributed by atoms with Crippen LogP contribution in [0.1, 0.15) is 50.1 Å². The van der Waals surface area contributed by atoms with Crippen molar-refractivity contribution < 1.29 is 29.2 Å². The highest BCUT2D eigenvalue weighted by Crippen LogP contribution is 2.44. The van der Waals surface area contributed by atoms with E-state index in [9.17, 15) is 23.1 Å². The van der Waals surface area contributed by atoms with Gasteiger partial charge in [-0.2, -0.15) is 18.3 Å². The molecule has 0 spiro atoms. The fourth-order valence-corrected chi connectivity index (χ4v) is 2.20. The lowest BCUT2D eigenvalue weighted by atomic mass is 9.77. The molecule has 112 valence electrons. The molecule has 20 heavy (non-hydrogen) atoms. The van der Waals surface area contributed by atoms with Gasteiger partial charge in [-0.1, -0.05) is 0 Å². The molecule has 1 fully saturated rings. The molecule has 0 atom stereocenters. The average molecular weight is 293 g/mol. The normalized spacial score (nSPS) is 30.6. The van der Waals surface area contributed by atoms with Crippen LogP contribution in [0.5, 0.6) is 0 Å². The van der Waals surface area contributed by atoms with Crippen LogP contribution < -0.4 is 0 Å². The summed E-state index contributed by atoms with van der Waals surface area (Å²) >= 11 is 0. The van der Waals surface area contributed by atoms with Crippen molar-refractivity contribution in [3.8, 4) is 0 Å². The largest absolute Gasteiger partial charge is 0.462 e. The van der Waals surface area contributed by atoms with Crippen LogP contribution in [0.25, 0.3) is 0 Å². The summed E-state index contributed by atoms with van der Waals surface area (Å²) in [5.74, 6) is -1.13. The number of carbonyl (C=O) groups excluding carboxylic acids is 1. The maximum Gasteiger partial charge on any atom is 0.433 e. The zero-order valence-corrected chi connectivity index (χ0v) is 11.0. The Hall–Kier alpha value is -1.57. The molecular weight excluding hydrogens is 277 g/mol. The first-order valence-corrected chi connectivity index (χ1v) is 6.05. The van der Waals surface area contributed by atoms with E-state index in [1.54, 1.807) is 0 Å². The number of halogens is 3. The molecule has 0 aromatic carbocycles. The number of nitrogens with zero attached hydrogens (tertiary/aromatic N) is 2. The van der Waals surface area contributed by atoms with Gasteiger partial charge in [0.25, 0.3) is 0 Å². The Balaban J connectivity index is 2.47. The summed E-state index contributed by atoms with van der Waals surface area (Å²) in [5.41, 5.74) is -3.24. The van der Waals surface area contributed by atoms with Crippen LogP contribution in [0.15, 0.2) is 6.20 Å². The van der Waals surface area contributed by atoms with Gasteiger partial charge < -0.3 is 9.84 Å². The van der Waals surface area contributed by atoms with Gasteiger partial charge in [0.2, 0.25) is 0 Å². The van der Waals surface area contributed by atoms with Crippen LogP contribution in [0, 0.1) is 0 Å². The molecule has 8 heteroatoms. The molecule has 0 bridgehead atoms. The van der Waals surface area contributed by atoms with Crippen LogP contribution in [0.2, 0.25) is 0 Å². The second-order valence-electron chi connectivity index (χ2n) is 4.95. The summed E-state index contributed by atoms with van der Waals surface area (Å²) in [7, 11) is 0. The van der Waals surface area contributed by atoms with Gasteiger partial charge in [-0.25, -0.2) is 4.79 Å². The Labute approximate surface area is 114 Å². The number of ether oxygens (including phenoxy) is 1. The molecule has 1 N–H and O–H groups in total. The Morgan fingerprint density at radius 3 is 2.75 bits per heavy atom. The summed E-state index contributed by atoms with van der Waals surface area (Å²) in [5, 5.41) is 13.2. The van der Waals surface area contributed by atoms with Crippen LogP contribution in [0.4, 0.5) is 13.2 Å². The molecule has 1 aromatic heterocycles. The number of hydrogen-bond acceptors (Lipinski definition) is 4. The summed E-state index contributed by atoms with van der Waals surface area (Å²) in [6.07, 6.45) is -4.50. The Kier molecular flexibility index (Phi) is 3.19. The highest BCUT2D eigenvalue weighted by Gasteiger charge is 2.47. The molecule has 1 aliphatic rings. The fraction of sp³-hybridized carbons (Fsp3) is 0.667. The van der Waals surface area contributed by atoms with Gasteiger partial charge in [-0.05, 0) is 26.7 Å².